The van der Waals surface area contributed by atoms with E-state index in [0.717, 1.165) is 13.1 Å². The molecule has 1 aliphatic heterocycles. The highest BCUT2D eigenvalue weighted by Gasteiger charge is 2.20. The molecule has 7 nitrogen and oxygen atoms in total. The van der Waals surface area contributed by atoms with Gasteiger partial charge in [-0.2, -0.15) is 0 Å². The summed E-state index contributed by atoms with van der Waals surface area (Å²) in [4.78, 5) is 21.9. The van der Waals surface area contributed by atoms with E-state index < -0.39 is 5.97 Å². The second kappa shape index (κ2) is 6.82. The molecule has 2 N–H and O–H groups in total. The largest absolute Gasteiger partial charge is 0.476 e. The van der Waals surface area contributed by atoms with Crippen LogP contribution in [-0.4, -0.2) is 65.3 Å². The average molecular weight is 294 g/mol. The second-order valence-electron chi connectivity index (χ2n) is 5.59. The van der Waals surface area contributed by atoms with Crippen LogP contribution in [0, 0.1) is 0 Å². The van der Waals surface area contributed by atoms with Crippen LogP contribution >= 0.6 is 0 Å². The molecule has 2 rings (SSSR count). The number of rotatable bonds is 5. The molecule has 1 atom stereocenters. The van der Waals surface area contributed by atoms with Crippen LogP contribution in [0.5, 0.6) is 0 Å². The quantitative estimate of drug-likeness (QED) is 0.839. The van der Waals surface area contributed by atoms with Gasteiger partial charge in [0.1, 0.15) is 5.82 Å². The Bertz CT molecular complexity index is 507. The summed E-state index contributed by atoms with van der Waals surface area (Å²) < 4.78 is 5.64. The summed E-state index contributed by atoms with van der Waals surface area (Å²) in [5.74, 6) is -0.428. The molecule has 1 fully saturated rings. The van der Waals surface area contributed by atoms with Crippen molar-refractivity contribution in [3.8, 4) is 0 Å². The van der Waals surface area contributed by atoms with Gasteiger partial charge < -0.3 is 20.1 Å². The summed E-state index contributed by atoms with van der Waals surface area (Å²) in [6.45, 7) is 6.83. The third-order valence-electron chi connectivity index (χ3n) is 3.39. The van der Waals surface area contributed by atoms with Crippen molar-refractivity contribution in [3.05, 3.63) is 17.7 Å². The molecule has 0 spiro atoms. The Balaban J connectivity index is 2.06. The Morgan fingerprint density at radius 2 is 2.38 bits per heavy atom. The normalized spacial score (nSPS) is 19.7. The Labute approximate surface area is 124 Å². The van der Waals surface area contributed by atoms with Gasteiger partial charge in [0.25, 0.3) is 0 Å². The molecule has 1 aromatic rings. The van der Waals surface area contributed by atoms with Crippen LogP contribution in [0.1, 0.15) is 36.1 Å². The van der Waals surface area contributed by atoms with E-state index in [1.165, 1.54) is 0 Å². The number of carboxylic acids is 1. The summed E-state index contributed by atoms with van der Waals surface area (Å²) in [7, 11) is 2.04. The van der Waals surface area contributed by atoms with Gasteiger partial charge in [-0.15, -0.1) is 0 Å². The fraction of sp³-hybridized carbons (Fsp3) is 0.643. The maximum absolute atomic E-state index is 11.3. The molecule has 0 bridgehead atoms. The lowest BCUT2D eigenvalue weighted by atomic mass is 10.2. The smallest absolute Gasteiger partial charge is 0.356 e. The van der Waals surface area contributed by atoms with E-state index in [4.69, 9.17) is 4.74 Å². The van der Waals surface area contributed by atoms with Crippen molar-refractivity contribution < 1.29 is 14.6 Å². The third-order valence-corrected chi connectivity index (χ3v) is 3.39. The molecule has 0 radical (unpaired) electrons. The molecular weight excluding hydrogens is 272 g/mol. The van der Waals surface area contributed by atoms with E-state index in [-0.39, 0.29) is 17.7 Å². The van der Waals surface area contributed by atoms with E-state index >= 15 is 0 Å². The van der Waals surface area contributed by atoms with Crippen LogP contribution in [0.25, 0.3) is 0 Å². The lowest BCUT2D eigenvalue weighted by Crippen LogP contribution is -2.43. The maximum Gasteiger partial charge on any atom is 0.356 e. The number of hydrogen-bond donors (Lipinski definition) is 2. The van der Waals surface area contributed by atoms with Crippen molar-refractivity contribution in [3.63, 3.8) is 0 Å². The second-order valence-corrected chi connectivity index (χ2v) is 5.59. The van der Waals surface area contributed by atoms with E-state index in [1.54, 1.807) is 6.20 Å². The highest BCUT2D eigenvalue weighted by molar-refractivity contribution is 5.91. The van der Waals surface area contributed by atoms with Gasteiger partial charge >= 0.3 is 5.97 Å². The van der Waals surface area contributed by atoms with Crippen LogP contribution < -0.4 is 5.32 Å². The van der Waals surface area contributed by atoms with Crippen molar-refractivity contribution in [2.75, 3.05) is 38.6 Å². The molecule has 7 heteroatoms. The van der Waals surface area contributed by atoms with Crippen molar-refractivity contribution in [2.45, 2.75) is 25.9 Å². The molecule has 1 aliphatic rings. The molecule has 2 heterocycles. The van der Waals surface area contributed by atoms with Crippen LogP contribution in [-0.2, 0) is 4.74 Å². The van der Waals surface area contributed by atoms with Crippen LogP contribution in [0.4, 0.5) is 5.69 Å². The molecule has 0 amide bonds. The zero-order chi connectivity index (χ0) is 15.4. The van der Waals surface area contributed by atoms with Gasteiger partial charge in [-0.05, 0) is 7.05 Å². The van der Waals surface area contributed by atoms with Gasteiger partial charge in [-0.1, -0.05) is 13.8 Å². The van der Waals surface area contributed by atoms with Gasteiger partial charge in [-0.25, -0.2) is 14.8 Å². The molecule has 1 aromatic heterocycles. The number of aromatic carboxylic acids is 1. The Morgan fingerprint density at radius 3 is 3.00 bits per heavy atom. The van der Waals surface area contributed by atoms with E-state index in [1.807, 2.05) is 20.9 Å². The first-order valence-electron chi connectivity index (χ1n) is 7.11. The SMILES string of the molecule is CC(C)c1ncc(NCC2CN(C)CCO2)c(C(=O)O)n1. The number of anilines is 1. The first-order chi connectivity index (χ1) is 9.97. The number of carboxylic acid groups (broad SMARTS) is 1. The van der Waals surface area contributed by atoms with Crippen molar-refractivity contribution >= 4 is 11.7 Å². The molecule has 0 aromatic carbocycles. The fourth-order valence-corrected chi connectivity index (χ4v) is 2.18. The Morgan fingerprint density at radius 1 is 1.62 bits per heavy atom. The predicted octanol–water partition coefficient (Wildman–Crippen LogP) is 1.04. The molecule has 116 valence electrons. The topological polar surface area (TPSA) is 87.6 Å². The lowest BCUT2D eigenvalue weighted by Gasteiger charge is -2.30. The number of morpholine rings is 1. The molecule has 0 aliphatic carbocycles. The number of carbonyl (C=O) groups is 1. The first-order valence-corrected chi connectivity index (χ1v) is 7.11. The standard InChI is InChI=1S/C14H22N4O3/c1-9(2)13-16-7-11(12(17-13)14(19)20)15-6-10-8-18(3)4-5-21-10/h7,9-10,15H,4-6,8H2,1-3H3,(H,19,20). The summed E-state index contributed by atoms with van der Waals surface area (Å²) in [5.41, 5.74) is 0.446. The molecular formula is C14H22N4O3. The first kappa shape index (κ1) is 15.7. The average Bonchev–Trinajstić information content (AvgIpc) is 2.44. The van der Waals surface area contributed by atoms with Crippen molar-refractivity contribution in [2.24, 2.45) is 0 Å². The highest BCUT2D eigenvalue weighted by Crippen LogP contribution is 2.17. The third kappa shape index (κ3) is 4.12. The van der Waals surface area contributed by atoms with Crippen LogP contribution in [0.3, 0.4) is 0 Å². The van der Waals surface area contributed by atoms with E-state index in [9.17, 15) is 9.90 Å². The van der Waals surface area contributed by atoms with Crippen LogP contribution in [0.15, 0.2) is 6.20 Å². The summed E-state index contributed by atoms with van der Waals surface area (Å²) in [6, 6.07) is 0. The number of nitrogens with one attached hydrogen (secondary N) is 1. The summed E-state index contributed by atoms with van der Waals surface area (Å²) in [6.07, 6.45) is 1.58. The number of likely N-dealkylation sites (N-methyl/N-ethyl adjacent to an activating group) is 1. The van der Waals surface area contributed by atoms with E-state index in [2.05, 4.69) is 20.2 Å². The number of hydrogen-bond acceptors (Lipinski definition) is 6. The minimum absolute atomic E-state index is 0.0119. The van der Waals surface area contributed by atoms with Gasteiger partial charge in [0.05, 0.1) is 24.6 Å². The Kier molecular flexibility index (Phi) is 5.08. The fourth-order valence-electron chi connectivity index (χ4n) is 2.18. The minimum Gasteiger partial charge on any atom is -0.476 e. The number of aromatic nitrogens is 2. The molecule has 1 saturated heterocycles. The zero-order valence-corrected chi connectivity index (χ0v) is 12.7. The van der Waals surface area contributed by atoms with Crippen molar-refractivity contribution in [1.29, 1.82) is 0 Å². The van der Waals surface area contributed by atoms with Gasteiger partial charge in [-0.3, -0.25) is 0 Å². The predicted molar refractivity (Wildman–Crippen MR) is 78.8 cm³/mol. The lowest BCUT2D eigenvalue weighted by molar-refractivity contribution is -0.0117. The molecule has 0 saturated carbocycles. The van der Waals surface area contributed by atoms with Crippen LogP contribution in [0.2, 0.25) is 0 Å². The monoisotopic (exact) mass is 294 g/mol. The maximum atomic E-state index is 11.3. The number of ether oxygens (including phenoxy) is 1. The summed E-state index contributed by atoms with van der Waals surface area (Å²) in [5, 5.41) is 12.4. The van der Waals surface area contributed by atoms with Crippen molar-refractivity contribution in [1.82, 2.24) is 14.9 Å². The van der Waals surface area contributed by atoms with Gasteiger partial charge in [0.2, 0.25) is 0 Å². The Hall–Kier alpha value is -1.73. The van der Waals surface area contributed by atoms with E-state index in [0.29, 0.717) is 24.7 Å². The summed E-state index contributed by atoms with van der Waals surface area (Å²) >= 11 is 0. The zero-order valence-electron chi connectivity index (χ0n) is 12.7. The van der Waals surface area contributed by atoms with Gasteiger partial charge in [0, 0.05) is 25.6 Å². The molecule has 21 heavy (non-hydrogen) atoms. The van der Waals surface area contributed by atoms with Gasteiger partial charge in [0.15, 0.2) is 5.69 Å². The number of nitrogens with zero attached hydrogens (tertiary/aromatic N) is 3. The highest BCUT2D eigenvalue weighted by atomic mass is 16.5. The molecule has 1 unspecified atom stereocenters. The minimum atomic E-state index is -1.05.